The maximum atomic E-state index is 14.3. The Morgan fingerprint density at radius 1 is 1.52 bits per heavy atom. The van der Waals surface area contributed by atoms with E-state index in [-0.39, 0.29) is 51.6 Å². The maximum Gasteiger partial charge on any atom is 0.241 e. The van der Waals surface area contributed by atoms with Crippen molar-refractivity contribution in [3.05, 3.63) is 35.7 Å². The zero-order chi connectivity index (χ0) is 16.1. The molecule has 0 spiro atoms. The van der Waals surface area contributed by atoms with Gasteiger partial charge in [0.15, 0.2) is 0 Å². The number of carbonyl (C=O) groups is 1. The van der Waals surface area contributed by atoms with Crippen molar-refractivity contribution < 1.29 is 46.6 Å². The molecule has 1 aliphatic rings. The maximum absolute atomic E-state index is 14.3. The smallest absolute Gasteiger partial charge is 0.241 e. The van der Waals surface area contributed by atoms with Crippen molar-refractivity contribution >= 4 is 23.2 Å². The topological polar surface area (TPSA) is 29.5 Å². The average Bonchev–Trinajstić information content (AvgIpc) is 2.51. The van der Waals surface area contributed by atoms with Crippen LogP contribution in [0.5, 0.6) is 5.75 Å². The Labute approximate surface area is 166 Å². The van der Waals surface area contributed by atoms with E-state index in [2.05, 4.69) is 17.9 Å². The van der Waals surface area contributed by atoms with Crippen molar-refractivity contribution in [3.63, 3.8) is 0 Å². The van der Waals surface area contributed by atoms with E-state index in [1.165, 1.54) is 11.0 Å². The fraction of sp³-hybridized carbons (Fsp3) is 0.353. The summed E-state index contributed by atoms with van der Waals surface area (Å²) in [6.07, 6.45) is 3.29. The Hall–Kier alpha value is -0.886. The molecule has 2 rings (SSSR count). The van der Waals surface area contributed by atoms with Gasteiger partial charge >= 0.3 is 0 Å². The Morgan fingerprint density at radius 3 is 2.87 bits per heavy atom. The quantitative estimate of drug-likeness (QED) is 0.434. The number of amides is 1. The van der Waals surface area contributed by atoms with Crippen molar-refractivity contribution in [1.29, 1.82) is 0 Å². The molecule has 0 N–H and O–H groups in total. The van der Waals surface area contributed by atoms with Crippen LogP contribution in [-0.2, 0) is 37.5 Å². The van der Waals surface area contributed by atoms with Crippen LogP contribution >= 0.6 is 11.6 Å². The van der Waals surface area contributed by atoms with Gasteiger partial charge in [-0.25, -0.2) is 10.5 Å². The van der Waals surface area contributed by atoms with Gasteiger partial charge in [0, 0.05) is 39.3 Å². The minimum atomic E-state index is -0.637. The van der Waals surface area contributed by atoms with E-state index < -0.39 is 11.2 Å². The van der Waals surface area contributed by atoms with Gasteiger partial charge in [0.2, 0.25) is 5.91 Å². The Kier molecular flexibility index (Phi) is 8.26. The van der Waals surface area contributed by atoms with E-state index >= 15 is 0 Å². The number of rotatable bonds is 4. The summed E-state index contributed by atoms with van der Waals surface area (Å²) >= 11 is 5.94. The molecule has 1 aromatic rings. The number of ether oxygens (including phenoxy) is 1. The summed E-state index contributed by atoms with van der Waals surface area (Å²) in [5.74, 6) is 5.14. The van der Waals surface area contributed by atoms with Gasteiger partial charge in [0.25, 0.3) is 0 Å². The molecule has 119 valence electrons. The molecule has 1 atom stereocenters. The van der Waals surface area contributed by atoms with Gasteiger partial charge in [-0.1, -0.05) is 12.3 Å². The van der Waals surface area contributed by atoms with E-state index in [9.17, 15) is 9.18 Å². The van der Waals surface area contributed by atoms with E-state index in [1.807, 2.05) is 6.92 Å². The Balaban J connectivity index is 0.00000264. The molecule has 0 fully saturated rings. The van der Waals surface area contributed by atoms with Crippen molar-refractivity contribution in [1.82, 2.24) is 4.90 Å². The molecule has 1 radical (unpaired) electrons. The van der Waals surface area contributed by atoms with Crippen LogP contribution in [0.4, 0.5) is 4.39 Å². The zero-order valence-electron chi connectivity index (χ0n) is 13.0. The van der Waals surface area contributed by atoms with Gasteiger partial charge in [-0.3, -0.25) is 4.79 Å². The van der Waals surface area contributed by atoms with Gasteiger partial charge in [-0.2, -0.15) is 0 Å². The van der Waals surface area contributed by atoms with Crippen LogP contribution in [-0.4, -0.2) is 29.3 Å². The minimum absolute atomic E-state index is 0. The first-order valence-electron chi connectivity index (χ1n) is 6.97. The summed E-state index contributed by atoms with van der Waals surface area (Å²) in [6.45, 7) is 4.14. The summed E-state index contributed by atoms with van der Waals surface area (Å²) in [5, 5.41) is -0.637. The third-order valence-corrected chi connectivity index (χ3v) is 3.59. The molecule has 0 bridgehead atoms. The second-order valence-electron chi connectivity index (χ2n) is 4.64. The van der Waals surface area contributed by atoms with Crippen LogP contribution in [0.3, 0.4) is 0 Å². The molecule has 0 saturated heterocycles. The minimum Gasteiger partial charge on any atom is -0.481 e. The summed E-state index contributed by atoms with van der Waals surface area (Å²) < 4.78 is 19.6. The summed E-state index contributed by atoms with van der Waals surface area (Å²) in [4.78, 5) is 13.5. The molecule has 0 aliphatic carbocycles. The van der Waals surface area contributed by atoms with Gasteiger partial charge in [0.1, 0.15) is 17.7 Å². The third kappa shape index (κ3) is 4.79. The Bertz CT molecular complexity index is 666. The molecule has 1 heterocycles. The SMILES string of the molecule is CC#CCOc1ccc(C2=[C-]CC(Cl)C(=O)N2CC)c(F)c1.[Y]. The zero-order valence-corrected chi connectivity index (χ0v) is 16.6. The van der Waals surface area contributed by atoms with Crippen molar-refractivity contribution in [2.75, 3.05) is 13.2 Å². The molecule has 3 nitrogen and oxygen atoms in total. The van der Waals surface area contributed by atoms with Gasteiger partial charge in [-0.05, 0) is 26.0 Å². The molecule has 1 aliphatic heterocycles. The molecule has 1 unspecified atom stereocenters. The van der Waals surface area contributed by atoms with Crippen LogP contribution in [0.25, 0.3) is 5.70 Å². The molecular formula is C17H16ClFNO2Y-. The molecule has 6 heteroatoms. The van der Waals surface area contributed by atoms with Crippen LogP contribution < -0.4 is 4.74 Å². The number of alkyl halides is 1. The standard InChI is InChI=1S/C17H16ClFNO2.Y/c1-3-5-10-22-12-6-7-13(15(19)11-12)16-9-8-14(18)17(21)20(16)4-2;/h6-7,11,14H,4,8,10H2,1-2H3;/q-1;. The molecule has 1 aromatic carbocycles. The average molecular weight is 410 g/mol. The van der Waals surface area contributed by atoms with E-state index in [1.54, 1.807) is 19.1 Å². The van der Waals surface area contributed by atoms with Crippen LogP contribution in [0.1, 0.15) is 25.8 Å². The van der Waals surface area contributed by atoms with Gasteiger partial charge < -0.3 is 9.64 Å². The molecule has 0 aromatic heterocycles. The number of carbonyl (C=O) groups excluding carboxylic acids is 1. The first kappa shape index (κ1) is 20.2. The second-order valence-corrected chi connectivity index (χ2v) is 5.16. The van der Waals surface area contributed by atoms with E-state index in [4.69, 9.17) is 16.3 Å². The van der Waals surface area contributed by atoms with Gasteiger partial charge in [-0.15, -0.1) is 34.8 Å². The first-order valence-corrected chi connectivity index (χ1v) is 7.40. The summed E-state index contributed by atoms with van der Waals surface area (Å²) in [6, 6.07) is 4.51. The summed E-state index contributed by atoms with van der Waals surface area (Å²) in [7, 11) is 0. The van der Waals surface area contributed by atoms with Gasteiger partial charge in [0.05, 0.1) is 5.82 Å². The number of hydrogen-bond acceptors (Lipinski definition) is 2. The number of hydrogen-bond donors (Lipinski definition) is 0. The molecule has 0 saturated carbocycles. The molecule has 1 amide bonds. The van der Waals surface area contributed by atoms with Crippen molar-refractivity contribution in [2.45, 2.75) is 25.6 Å². The predicted molar refractivity (Wildman–Crippen MR) is 83.6 cm³/mol. The normalized spacial score (nSPS) is 16.9. The molecular weight excluding hydrogens is 394 g/mol. The number of allylic oxidation sites excluding steroid dienone is 1. The van der Waals surface area contributed by atoms with E-state index in [0.717, 1.165) is 0 Å². The monoisotopic (exact) mass is 409 g/mol. The fourth-order valence-corrected chi connectivity index (χ4v) is 2.37. The number of nitrogens with zero attached hydrogens (tertiary/aromatic N) is 1. The second kappa shape index (κ2) is 9.42. The number of halogens is 2. The predicted octanol–water partition coefficient (Wildman–Crippen LogP) is 3.23. The van der Waals surface area contributed by atoms with Crippen LogP contribution in [0.2, 0.25) is 0 Å². The van der Waals surface area contributed by atoms with Crippen LogP contribution in [0, 0.1) is 23.7 Å². The third-order valence-electron chi connectivity index (χ3n) is 3.25. The Morgan fingerprint density at radius 2 is 2.26 bits per heavy atom. The largest absolute Gasteiger partial charge is 0.481 e. The number of benzene rings is 1. The fourth-order valence-electron chi connectivity index (χ4n) is 2.17. The van der Waals surface area contributed by atoms with Crippen LogP contribution in [0.15, 0.2) is 18.2 Å². The van der Waals surface area contributed by atoms with Crippen molar-refractivity contribution in [2.24, 2.45) is 0 Å². The first-order chi connectivity index (χ1) is 10.6. The molecule has 23 heavy (non-hydrogen) atoms. The van der Waals surface area contributed by atoms with Crippen molar-refractivity contribution in [3.8, 4) is 17.6 Å². The van der Waals surface area contributed by atoms with E-state index in [0.29, 0.717) is 23.6 Å². The summed E-state index contributed by atoms with van der Waals surface area (Å²) in [5.41, 5.74) is 0.745.